The molecule has 0 aliphatic carbocycles. The van der Waals surface area contributed by atoms with Crippen molar-refractivity contribution in [2.24, 2.45) is 5.92 Å². The standard InChI is InChI=1S/C21H23N/c1-5-7-9-12-17(3)21-16-15-19(6-2)18(4)22(21)20-13-10-8-11-14-20/h5-14,16,19H,2-4,15H2,1H3/b7-5-,12-9-. The zero-order chi connectivity index (χ0) is 15.9. The molecular weight excluding hydrogens is 266 g/mol. The third-order valence-corrected chi connectivity index (χ3v) is 3.75. The maximum atomic E-state index is 4.29. The number of hydrogen-bond donors (Lipinski definition) is 0. The fourth-order valence-corrected chi connectivity index (χ4v) is 2.54. The molecule has 0 bridgehead atoms. The third-order valence-electron chi connectivity index (χ3n) is 3.75. The normalized spacial score (nSPS) is 18.8. The number of benzene rings is 1. The number of hydrogen-bond acceptors (Lipinski definition) is 1. The van der Waals surface area contributed by atoms with Crippen LogP contribution in [0.5, 0.6) is 0 Å². The average molecular weight is 289 g/mol. The summed E-state index contributed by atoms with van der Waals surface area (Å²) >= 11 is 0. The largest absolute Gasteiger partial charge is 0.314 e. The van der Waals surface area contributed by atoms with Gasteiger partial charge in [-0.3, -0.25) is 0 Å². The van der Waals surface area contributed by atoms with Crippen LogP contribution < -0.4 is 4.90 Å². The van der Waals surface area contributed by atoms with Gasteiger partial charge in [0.2, 0.25) is 0 Å². The van der Waals surface area contributed by atoms with Gasteiger partial charge < -0.3 is 4.90 Å². The van der Waals surface area contributed by atoms with Crippen molar-refractivity contribution in [3.05, 3.63) is 103 Å². The first-order valence-electron chi connectivity index (χ1n) is 7.54. The molecule has 0 saturated heterocycles. The van der Waals surface area contributed by atoms with E-state index in [2.05, 4.69) is 42.8 Å². The zero-order valence-electron chi connectivity index (χ0n) is 13.2. The van der Waals surface area contributed by atoms with E-state index < -0.39 is 0 Å². The highest BCUT2D eigenvalue weighted by atomic mass is 15.2. The van der Waals surface area contributed by atoms with Crippen molar-refractivity contribution >= 4 is 5.69 Å². The molecule has 1 nitrogen and oxygen atoms in total. The van der Waals surface area contributed by atoms with Gasteiger partial charge in [0.1, 0.15) is 0 Å². The lowest BCUT2D eigenvalue weighted by atomic mass is 9.93. The van der Waals surface area contributed by atoms with E-state index in [4.69, 9.17) is 0 Å². The first-order chi connectivity index (χ1) is 10.7. The van der Waals surface area contributed by atoms with E-state index in [9.17, 15) is 0 Å². The Kier molecular flexibility index (Phi) is 5.37. The number of anilines is 1. The van der Waals surface area contributed by atoms with Crippen LogP contribution in [0, 0.1) is 5.92 Å². The fraction of sp³-hybridized carbons (Fsp3) is 0.143. The number of para-hydroxylation sites is 1. The van der Waals surface area contributed by atoms with Gasteiger partial charge in [0, 0.05) is 23.0 Å². The summed E-state index contributed by atoms with van der Waals surface area (Å²) in [5.74, 6) is 0.260. The Labute approximate surface area is 134 Å². The molecule has 1 unspecified atom stereocenters. The minimum atomic E-state index is 0.260. The van der Waals surface area contributed by atoms with E-state index in [1.807, 2.05) is 55.5 Å². The Morgan fingerprint density at radius 1 is 1.23 bits per heavy atom. The van der Waals surface area contributed by atoms with E-state index >= 15 is 0 Å². The van der Waals surface area contributed by atoms with Crippen LogP contribution in [-0.4, -0.2) is 0 Å². The molecule has 1 aliphatic rings. The van der Waals surface area contributed by atoms with Crippen LogP contribution in [0.2, 0.25) is 0 Å². The van der Waals surface area contributed by atoms with Gasteiger partial charge in [0.05, 0.1) is 0 Å². The van der Waals surface area contributed by atoms with Crippen LogP contribution in [0.15, 0.2) is 103 Å². The summed E-state index contributed by atoms with van der Waals surface area (Å²) < 4.78 is 0. The average Bonchev–Trinajstić information content (AvgIpc) is 2.55. The summed E-state index contributed by atoms with van der Waals surface area (Å²) in [6.45, 7) is 14.4. The highest BCUT2D eigenvalue weighted by Gasteiger charge is 2.25. The fourth-order valence-electron chi connectivity index (χ4n) is 2.54. The molecule has 0 spiro atoms. The summed E-state index contributed by atoms with van der Waals surface area (Å²) in [4.78, 5) is 2.18. The maximum absolute atomic E-state index is 4.29. The lowest BCUT2D eigenvalue weighted by Crippen LogP contribution is -2.29. The van der Waals surface area contributed by atoms with Gasteiger partial charge >= 0.3 is 0 Å². The van der Waals surface area contributed by atoms with E-state index in [1.165, 1.54) is 0 Å². The van der Waals surface area contributed by atoms with Crippen LogP contribution >= 0.6 is 0 Å². The Hall–Kier alpha value is -2.54. The minimum absolute atomic E-state index is 0.260. The van der Waals surface area contributed by atoms with Gasteiger partial charge in [-0.15, -0.1) is 6.58 Å². The number of rotatable bonds is 5. The second kappa shape index (κ2) is 7.46. The molecule has 1 atom stereocenters. The second-order valence-electron chi connectivity index (χ2n) is 5.24. The quantitative estimate of drug-likeness (QED) is 0.490. The van der Waals surface area contributed by atoms with Gasteiger partial charge in [-0.2, -0.15) is 0 Å². The van der Waals surface area contributed by atoms with Crippen molar-refractivity contribution in [2.45, 2.75) is 13.3 Å². The molecular formula is C21H23N. The molecule has 2 rings (SSSR count). The molecule has 0 amide bonds. The SMILES string of the molecule is C=CC1CC=C(C(=C)/C=C\C=C/C)N(c2ccccc2)C1=C. The van der Waals surface area contributed by atoms with Crippen molar-refractivity contribution in [3.63, 3.8) is 0 Å². The molecule has 1 aliphatic heterocycles. The molecule has 22 heavy (non-hydrogen) atoms. The van der Waals surface area contributed by atoms with Crippen molar-refractivity contribution in [3.8, 4) is 0 Å². The predicted molar refractivity (Wildman–Crippen MR) is 97.5 cm³/mol. The highest BCUT2D eigenvalue weighted by Crippen LogP contribution is 2.36. The maximum Gasteiger partial charge on any atom is 0.0485 e. The van der Waals surface area contributed by atoms with Crippen LogP contribution in [0.1, 0.15) is 13.3 Å². The summed E-state index contributed by atoms with van der Waals surface area (Å²) in [5.41, 5.74) is 4.21. The van der Waals surface area contributed by atoms with Crippen LogP contribution in [-0.2, 0) is 0 Å². The van der Waals surface area contributed by atoms with Crippen LogP contribution in [0.25, 0.3) is 0 Å². The van der Waals surface area contributed by atoms with E-state index in [0.29, 0.717) is 0 Å². The van der Waals surface area contributed by atoms with Gasteiger partial charge in [-0.25, -0.2) is 0 Å². The van der Waals surface area contributed by atoms with Crippen molar-refractivity contribution < 1.29 is 0 Å². The van der Waals surface area contributed by atoms with Crippen LogP contribution in [0.3, 0.4) is 0 Å². The van der Waals surface area contributed by atoms with Gasteiger partial charge in [-0.1, -0.05) is 67.8 Å². The number of allylic oxidation sites excluding steroid dienone is 6. The summed E-state index contributed by atoms with van der Waals surface area (Å²) in [7, 11) is 0. The topological polar surface area (TPSA) is 3.24 Å². The lowest BCUT2D eigenvalue weighted by molar-refractivity contribution is 0.716. The Balaban J connectivity index is 2.40. The minimum Gasteiger partial charge on any atom is -0.314 e. The molecule has 1 aromatic rings. The second-order valence-corrected chi connectivity index (χ2v) is 5.24. The number of nitrogens with zero attached hydrogens (tertiary/aromatic N) is 1. The van der Waals surface area contributed by atoms with E-state index in [-0.39, 0.29) is 5.92 Å². The summed E-state index contributed by atoms with van der Waals surface area (Å²) in [6, 6.07) is 10.3. The third kappa shape index (κ3) is 3.37. The van der Waals surface area contributed by atoms with E-state index in [1.54, 1.807) is 0 Å². The first kappa shape index (κ1) is 15.8. The molecule has 0 aromatic heterocycles. The lowest BCUT2D eigenvalue weighted by Gasteiger charge is -2.36. The van der Waals surface area contributed by atoms with Gasteiger partial charge in [0.25, 0.3) is 0 Å². The van der Waals surface area contributed by atoms with Crippen molar-refractivity contribution in [2.75, 3.05) is 4.90 Å². The highest BCUT2D eigenvalue weighted by molar-refractivity contribution is 5.65. The van der Waals surface area contributed by atoms with Gasteiger partial charge in [0.15, 0.2) is 0 Å². The zero-order valence-corrected chi connectivity index (χ0v) is 13.2. The molecule has 112 valence electrons. The Morgan fingerprint density at radius 2 is 1.95 bits per heavy atom. The molecule has 0 saturated carbocycles. The molecule has 1 heterocycles. The van der Waals surface area contributed by atoms with Crippen LogP contribution in [0.4, 0.5) is 5.69 Å². The predicted octanol–water partition coefficient (Wildman–Crippen LogP) is 5.79. The molecule has 0 fully saturated rings. The molecule has 1 aromatic carbocycles. The molecule has 1 heteroatoms. The summed E-state index contributed by atoms with van der Waals surface area (Å²) in [6.07, 6.45) is 13.1. The molecule has 0 N–H and O–H groups in total. The van der Waals surface area contributed by atoms with E-state index in [0.717, 1.165) is 29.1 Å². The van der Waals surface area contributed by atoms with Crippen molar-refractivity contribution in [1.82, 2.24) is 0 Å². The smallest absolute Gasteiger partial charge is 0.0485 e. The van der Waals surface area contributed by atoms with Gasteiger partial charge in [-0.05, 0) is 31.1 Å². The summed E-state index contributed by atoms with van der Waals surface area (Å²) in [5, 5.41) is 0. The monoisotopic (exact) mass is 289 g/mol. The Bertz CT molecular complexity index is 644. The van der Waals surface area contributed by atoms with Crippen molar-refractivity contribution in [1.29, 1.82) is 0 Å². The Morgan fingerprint density at radius 3 is 2.59 bits per heavy atom. The first-order valence-corrected chi connectivity index (χ1v) is 7.54. The molecule has 0 radical (unpaired) electrons.